The standard InChI is InChI=1S/C16H19N5O2/c1-10-4-5-13(11(2)8-10)21-9-12-14(20-21)18-16(19-15(12)22)17-6-7-23-3/h4-5,8-9H,6-7H2,1-3H3,(H2,17,18,19,20,22). The molecule has 2 aromatic heterocycles. The average Bonchev–Trinajstić information content (AvgIpc) is 2.92. The number of hydrogen-bond donors (Lipinski definition) is 2. The Hall–Kier alpha value is -2.67. The van der Waals surface area contributed by atoms with Gasteiger partial charge in [0.2, 0.25) is 5.95 Å². The summed E-state index contributed by atoms with van der Waals surface area (Å²) in [6.07, 6.45) is 1.71. The lowest BCUT2D eigenvalue weighted by Crippen LogP contribution is -2.15. The van der Waals surface area contributed by atoms with Gasteiger partial charge in [-0.1, -0.05) is 17.7 Å². The number of aromatic nitrogens is 4. The van der Waals surface area contributed by atoms with Gasteiger partial charge in [-0.3, -0.25) is 9.78 Å². The topological polar surface area (TPSA) is 84.8 Å². The van der Waals surface area contributed by atoms with E-state index in [-0.39, 0.29) is 5.56 Å². The van der Waals surface area contributed by atoms with Crippen molar-refractivity contribution in [2.45, 2.75) is 13.8 Å². The van der Waals surface area contributed by atoms with Crippen molar-refractivity contribution in [2.75, 3.05) is 25.6 Å². The maximum atomic E-state index is 12.2. The number of nitrogens with one attached hydrogen (secondary N) is 2. The molecule has 0 bridgehead atoms. The number of anilines is 1. The second kappa shape index (κ2) is 6.21. The first-order valence-electron chi connectivity index (χ1n) is 7.38. The Bertz CT molecular complexity index is 897. The van der Waals surface area contributed by atoms with Crippen LogP contribution in [0.25, 0.3) is 16.7 Å². The lowest BCUT2D eigenvalue weighted by atomic mass is 10.1. The minimum absolute atomic E-state index is 0.217. The molecular weight excluding hydrogens is 294 g/mol. The molecule has 0 aliphatic heterocycles. The zero-order valence-electron chi connectivity index (χ0n) is 13.4. The Kier molecular flexibility index (Phi) is 4.12. The molecule has 3 aromatic rings. The molecule has 23 heavy (non-hydrogen) atoms. The fourth-order valence-electron chi connectivity index (χ4n) is 2.46. The van der Waals surface area contributed by atoms with E-state index < -0.39 is 0 Å². The van der Waals surface area contributed by atoms with Gasteiger partial charge in [0.25, 0.3) is 5.56 Å². The number of H-pyrrole nitrogens is 1. The van der Waals surface area contributed by atoms with Gasteiger partial charge in [-0.25, -0.2) is 4.68 Å². The van der Waals surface area contributed by atoms with E-state index >= 15 is 0 Å². The highest BCUT2D eigenvalue weighted by Gasteiger charge is 2.11. The van der Waals surface area contributed by atoms with Crippen LogP contribution >= 0.6 is 0 Å². The van der Waals surface area contributed by atoms with Crippen LogP contribution in [0.2, 0.25) is 0 Å². The Balaban J connectivity index is 2.01. The Morgan fingerprint density at radius 2 is 2.17 bits per heavy atom. The monoisotopic (exact) mass is 313 g/mol. The summed E-state index contributed by atoms with van der Waals surface area (Å²) in [6, 6.07) is 6.09. The van der Waals surface area contributed by atoms with Crippen LogP contribution in [0.3, 0.4) is 0 Å². The van der Waals surface area contributed by atoms with Crippen LogP contribution in [0.1, 0.15) is 11.1 Å². The molecule has 7 heteroatoms. The molecule has 0 saturated heterocycles. The van der Waals surface area contributed by atoms with Gasteiger partial charge in [0.05, 0.1) is 12.3 Å². The molecule has 3 rings (SSSR count). The molecule has 2 heterocycles. The van der Waals surface area contributed by atoms with Crippen LogP contribution in [0.5, 0.6) is 0 Å². The van der Waals surface area contributed by atoms with E-state index in [0.717, 1.165) is 11.3 Å². The number of nitrogens with zero attached hydrogens (tertiary/aromatic N) is 3. The number of aromatic amines is 1. The minimum atomic E-state index is -0.217. The van der Waals surface area contributed by atoms with Gasteiger partial charge >= 0.3 is 0 Å². The highest BCUT2D eigenvalue weighted by molar-refractivity contribution is 5.74. The van der Waals surface area contributed by atoms with Crippen LogP contribution in [0.15, 0.2) is 29.2 Å². The lowest BCUT2D eigenvalue weighted by Gasteiger charge is -2.05. The van der Waals surface area contributed by atoms with Gasteiger partial charge in [-0.2, -0.15) is 4.98 Å². The summed E-state index contributed by atoms with van der Waals surface area (Å²) in [4.78, 5) is 19.3. The highest BCUT2D eigenvalue weighted by Crippen LogP contribution is 2.17. The number of hydrogen-bond acceptors (Lipinski definition) is 5. The first-order valence-corrected chi connectivity index (χ1v) is 7.38. The third kappa shape index (κ3) is 3.09. The number of benzene rings is 1. The van der Waals surface area contributed by atoms with Crippen molar-refractivity contribution < 1.29 is 4.74 Å². The van der Waals surface area contributed by atoms with Crippen molar-refractivity contribution in [3.8, 4) is 5.69 Å². The molecule has 0 aliphatic carbocycles. The summed E-state index contributed by atoms with van der Waals surface area (Å²) >= 11 is 0. The van der Waals surface area contributed by atoms with Crippen LogP contribution in [-0.4, -0.2) is 40.0 Å². The van der Waals surface area contributed by atoms with Gasteiger partial charge in [0.15, 0.2) is 5.65 Å². The molecule has 0 unspecified atom stereocenters. The SMILES string of the molecule is COCCNc1nc2nn(-c3ccc(C)cc3C)cc2c(=O)[nH]1. The first-order chi connectivity index (χ1) is 11.1. The summed E-state index contributed by atoms with van der Waals surface area (Å²) < 4.78 is 6.66. The second-order valence-corrected chi connectivity index (χ2v) is 5.44. The van der Waals surface area contributed by atoms with Gasteiger partial charge in [-0.05, 0) is 25.5 Å². The third-order valence-electron chi connectivity index (χ3n) is 3.59. The average molecular weight is 313 g/mol. The number of ether oxygens (including phenoxy) is 1. The predicted molar refractivity (Wildman–Crippen MR) is 89.3 cm³/mol. The van der Waals surface area contributed by atoms with Gasteiger partial charge in [0, 0.05) is 19.9 Å². The predicted octanol–water partition coefficient (Wildman–Crippen LogP) is 1.78. The normalized spacial score (nSPS) is 11.1. The van der Waals surface area contributed by atoms with Gasteiger partial charge in [-0.15, -0.1) is 5.10 Å². The summed E-state index contributed by atoms with van der Waals surface area (Å²) in [7, 11) is 1.62. The Morgan fingerprint density at radius 3 is 2.91 bits per heavy atom. The zero-order chi connectivity index (χ0) is 16.4. The van der Waals surface area contributed by atoms with E-state index in [0.29, 0.717) is 30.1 Å². The van der Waals surface area contributed by atoms with Crippen molar-refractivity contribution >= 4 is 17.0 Å². The molecule has 0 atom stereocenters. The molecule has 1 aromatic carbocycles. The second-order valence-electron chi connectivity index (χ2n) is 5.44. The quantitative estimate of drug-likeness (QED) is 0.701. The third-order valence-corrected chi connectivity index (χ3v) is 3.59. The molecule has 120 valence electrons. The summed E-state index contributed by atoms with van der Waals surface area (Å²) in [5.74, 6) is 0.394. The molecule has 7 nitrogen and oxygen atoms in total. The largest absolute Gasteiger partial charge is 0.383 e. The van der Waals surface area contributed by atoms with Crippen molar-refractivity contribution in [1.82, 2.24) is 19.7 Å². The van der Waals surface area contributed by atoms with E-state index in [9.17, 15) is 4.79 Å². The maximum Gasteiger partial charge on any atom is 0.263 e. The van der Waals surface area contributed by atoms with Crippen molar-refractivity contribution in [3.63, 3.8) is 0 Å². The van der Waals surface area contributed by atoms with E-state index in [1.54, 1.807) is 18.0 Å². The smallest absolute Gasteiger partial charge is 0.263 e. The number of rotatable bonds is 5. The molecule has 0 amide bonds. The number of aryl methyl sites for hydroxylation is 2. The molecule has 0 spiro atoms. The van der Waals surface area contributed by atoms with Crippen LogP contribution in [0.4, 0.5) is 5.95 Å². The highest BCUT2D eigenvalue weighted by atomic mass is 16.5. The Labute approximate surface area is 133 Å². The summed E-state index contributed by atoms with van der Waals surface area (Å²) in [5, 5.41) is 7.90. The van der Waals surface area contributed by atoms with Crippen LogP contribution in [0, 0.1) is 13.8 Å². The zero-order valence-corrected chi connectivity index (χ0v) is 13.4. The molecule has 0 saturated carbocycles. The van der Waals surface area contributed by atoms with Crippen molar-refractivity contribution in [3.05, 3.63) is 45.9 Å². The summed E-state index contributed by atoms with van der Waals surface area (Å²) in [6.45, 7) is 5.14. The van der Waals surface area contributed by atoms with Crippen molar-refractivity contribution in [2.24, 2.45) is 0 Å². The minimum Gasteiger partial charge on any atom is -0.383 e. The van der Waals surface area contributed by atoms with E-state index in [1.807, 2.05) is 26.0 Å². The number of fused-ring (bicyclic) bond motifs is 1. The fourth-order valence-corrected chi connectivity index (χ4v) is 2.46. The fraction of sp³-hybridized carbons (Fsp3) is 0.312. The van der Waals surface area contributed by atoms with Gasteiger partial charge in [0.1, 0.15) is 5.39 Å². The molecule has 0 aliphatic rings. The molecule has 0 fully saturated rings. The Morgan fingerprint density at radius 1 is 1.35 bits per heavy atom. The molecule has 0 radical (unpaired) electrons. The lowest BCUT2D eigenvalue weighted by molar-refractivity contribution is 0.210. The van der Waals surface area contributed by atoms with Crippen LogP contribution in [-0.2, 0) is 4.74 Å². The molecule has 2 N–H and O–H groups in total. The van der Waals surface area contributed by atoms with E-state index in [2.05, 4.69) is 26.4 Å². The van der Waals surface area contributed by atoms with Crippen LogP contribution < -0.4 is 10.9 Å². The van der Waals surface area contributed by atoms with E-state index in [1.165, 1.54) is 5.56 Å². The van der Waals surface area contributed by atoms with E-state index in [4.69, 9.17) is 4.74 Å². The first kappa shape index (κ1) is 15.2. The molecular formula is C16H19N5O2. The van der Waals surface area contributed by atoms with Crippen molar-refractivity contribution in [1.29, 1.82) is 0 Å². The maximum absolute atomic E-state index is 12.2. The van der Waals surface area contributed by atoms with Gasteiger partial charge < -0.3 is 10.1 Å². The summed E-state index contributed by atoms with van der Waals surface area (Å²) in [5.41, 5.74) is 3.40. The number of methoxy groups -OCH3 is 1.